The third-order valence-electron chi connectivity index (χ3n) is 3.77. The van der Waals surface area contributed by atoms with Gasteiger partial charge in [-0.1, -0.05) is 11.6 Å². The van der Waals surface area contributed by atoms with E-state index in [4.69, 9.17) is 11.6 Å². The van der Waals surface area contributed by atoms with Gasteiger partial charge in [-0.15, -0.1) is 0 Å². The molecule has 0 aromatic heterocycles. The predicted octanol–water partition coefficient (Wildman–Crippen LogP) is 3.17. The molecule has 1 heterocycles. The van der Waals surface area contributed by atoms with Crippen molar-refractivity contribution in [3.05, 3.63) is 26.8 Å². The van der Waals surface area contributed by atoms with Gasteiger partial charge in [0.05, 0.1) is 10.7 Å². The fourth-order valence-corrected chi connectivity index (χ4v) is 3.07. The van der Waals surface area contributed by atoms with E-state index < -0.39 is 5.54 Å². The van der Waals surface area contributed by atoms with Crippen LogP contribution in [0.15, 0.2) is 18.2 Å². The molecule has 2 fully saturated rings. The average Bonchev–Trinajstić information content (AvgIpc) is 3.15. The van der Waals surface area contributed by atoms with Crippen molar-refractivity contribution < 1.29 is 9.59 Å². The molecule has 1 aromatic rings. The first-order valence-electron chi connectivity index (χ1n) is 6.05. The number of hydrogen-bond acceptors (Lipinski definition) is 2. The van der Waals surface area contributed by atoms with Crippen LogP contribution in [-0.4, -0.2) is 17.5 Å². The van der Waals surface area contributed by atoms with Gasteiger partial charge < -0.3 is 5.32 Å². The van der Waals surface area contributed by atoms with Gasteiger partial charge >= 0.3 is 6.03 Å². The summed E-state index contributed by atoms with van der Waals surface area (Å²) in [7, 11) is 0. The first kappa shape index (κ1) is 13.2. The Balaban J connectivity index is 1.98. The number of benzene rings is 1. The zero-order valence-corrected chi connectivity index (χ0v) is 13.2. The van der Waals surface area contributed by atoms with E-state index in [-0.39, 0.29) is 17.9 Å². The second-order valence-corrected chi connectivity index (χ2v) is 6.72. The summed E-state index contributed by atoms with van der Waals surface area (Å²) in [6.45, 7) is 1.81. The number of hydrogen-bond donors (Lipinski definition) is 1. The monoisotopic (exact) mass is 390 g/mol. The van der Waals surface area contributed by atoms with Crippen molar-refractivity contribution in [2.24, 2.45) is 5.92 Å². The van der Waals surface area contributed by atoms with E-state index in [0.29, 0.717) is 10.7 Å². The fourth-order valence-electron chi connectivity index (χ4n) is 2.45. The molecule has 1 saturated carbocycles. The summed E-state index contributed by atoms with van der Waals surface area (Å²) in [5.41, 5.74) is -0.178. The molecule has 0 bridgehead atoms. The first-order chi connectivity index (χ1) is 8.93. The highest BCUT2D eigenvalue weighted by Gasteiger charge is 2.56. The predicted molar refractivity (Wildman–Crippen MR) is 81.3 cm³/mol. The Morgan fingerprint density at radius 1 is 1.42 bits per heavy atom. The minimum Gasteiger partial charge on any atom is -0.323 e. The van der Waals surface area contributed by atoms with Crippen molar-refractivity contribution >= 4 is 51.8 Å². The number of amides is 3. The fraction of sp³-hybridized carbons (Fsp3) is 0.385. The molecule has 2 aliphatic rings. The minimum absolute atomic E-state index is 0.168. The van der Waals surface area contributed by atoms with Crippen LogP contribution in [-0.2, 0) is 4.79 Å². The largest absolute Gasteiger partial charge is 0.329 e. The van der Waals surface area contributed by atoms with Crippen LogP contribution in [0.2, 0.25) is 5.02 Å². The molecule has 1 aliphatic carbocycles. The SMILES string of the molecule is CC1(C2CC2)NC(=O)N(c2ccc(Cl)c(I)c2)C1=O. The molecule has 0 spiro atoms. The molecule has 1 atom stereocenters. The number of imide groups is 1. The van der Waals surface area contributed by atoms with Gasteiger partial charge in [0.2, 0.25) is 0 Å². The van der Waals surface area contributed by atoms with Crippen LogP contribution in [0.25, 0.3) is 0 Å². The van der Waals surface area contributed by atoms with Crippen LogP contribution in [0.4, 0.5) is 10.5 Å². The van der Waals surface area contributed by atoms with Gasteiger partial charge in [-0.05, 0) is 66.5 Å². The zero-order valence-electron chi connectivity index (χ0n) is 10.2. The summed E-state index contributed by atoms with van der Waals surface area (Å²) in [4.78, 5) is 25.8. The summed E-state index contributed by atoms with van der Waals surface area (Å²) < 4.78 is 0.817. The van der Waals surface area contributed by atoms with Crippen LogP contribution in [0, 0.1) is 9.49 Å². The van der Waals surface area contributed by atoms with Gasteiger partial charge in [-0.3, -0.25) is 4.79 Å². The van der Waals surface area contributed by atoms with Gasteiger partial charge in [0, 0.05) is 3.57 Å². The van der Waals surface area contributed by atoms with Crippen molar-refractivity contribution in [3.63, 3.8) is 0 Å². The molecule has 1 saturated heterocycles. The van der Waals surface area contributed by atoms with Crippen LogP contribution in [0.5, 0.6) is 0 Å². The Morgan fingerprint density at radius 3 is 2.68 bits per heavy atom. The maximum Gasteiger partial charge on any atom is 0.329 e. The Kier molecular flexibility index (Phi) is 3.01. The third kappa shape index (κ3) is 2.03. The highest BCUT2D eigenvalue weighted by atomic mass is 127. The lowest BCUT2D eigenvalue weighted by Gasteiger charge is -2.21. The minimum atomic E-state index is -0.748. The lowest BCUT2D eigenvalue weighted by atomic mass is 9.96. The lowest BCUT2D eigenvalue weighted by molar-refractivity contribution is -0.122. The number of nitrogens with one attached hydrogen (secondary N) is 1. The average molecular weight is 391 g/mol. The number of nitrogens with zero attached hydrogens (tertiary/aromatic N) is 1. The van der Waals surface area contributed by atoms with Crippen molar-refractivity contribution in [2.45, 2.75) is 25.3 Å². The molecule has 19 heavy (non-hydrogen) atoms. The molecule has 1 aliphatic heterocycles. The van der Waals surface area contributed by atoms with E-state index in [2.05, 4.69) is 27.9 Å². The molecule has 1 N–H and O–H groups in total. The Morgan fingerprint density at radius 2 is 2.11 bits per heavy atom. The summed E-state index contributed by atoms with van der Waals surface area (Å²) in [5, 5.41) is 3.44. The van der Waals surface area contributed by atoms with Crippen LogP contribution in [0.1, 0.15) is 19.8 Å². The van der Waals surface area contributed by atoms with E-state index in [0.717, 1.165) is 16.4 Å². The Hall–Kier alpha value is -0.820. The van der Waals surface area contributed by atoms with Gasteiger partial charge in [0.1, 0.15) is 5.54 Å². The van der Waals surface area contributed by atoms with Crippen molar-refractivity contribution in [1.29, 1.82) is 0 Å². The van der Waals surface area contributed by atoms with Crippen LogP contribution >= 0.6 is 34.2 Å². The first-order valence-corrected chi connectivity index (χ1v) is 7.51. The van der Waals surface area contributed by atoms with Crippen molar-refractivity contribution in [1.82, 2.24) is 5.32 Å². The van der Waals surface area contributed by atoms with Crippen LogP contribution < -0.4 is 10.2 Å². The molecular weight excluding hydrogens is 379 g/mol. The van der Waals surface area contributed by atoms with Gasteiger partial charge in [-0.2, -0.15) is 0 Å². The standard InChI is InChI=1S/C13H12ClIN2O2/c1-13(7-2-3-7)11(18)17(12(19)16-13)8-4-5-9(14)10(15)6-8/h4-7H,2-3H2,1H3,(H,16,19). The highest BCUT2D eigenvalue weighted by Crippen LogP contribution is 2.43. The number of anilines is 1. The molecule has 3 rings (SSSR count). The van der Waals surface area contributed by atoms with E-state index >= 15 is 0 Å². The summed E-state index contributed by atoms with van der Waals surface area (Å²) in [5.74, 6) is 0.0958. The topological polar surface area (TPSA) is 49.4 Å². The molecule has 1 aromatic carbocycles. The maximum absolute atomic E-state index is 12.5. The van der Waals surface area contributed by atoms with Gasteiger partial charge in [0.15, 0.2) is 0 Å². The molecular formula is C13H12ClIN2O2. The number of urea groups is 1. The van der Waals surface area contributed by atoms with E-state index in [1.54, 1.807) is 18.2 Å². The normalized spacial score (nSPS) is 26.8. The molecule has 0 radical (unpaired) electrons. The third-order valence-corrected chi connectivity index (χ3v) is 5.31. The lowest BCUT2D eigenvalue weighted by Crippen LogP contribution is -2.46. The van der Waals surface area contributed by atoms with Gasteiger partial charge in [-0.25, -0.2) is 9.69 Å². The van der Waals surface area contributed by atoms with E-state index in [1.165, 1.54) is 4.90 Å². The number of rotatable bonds is 2. The Labute approximate surface area is 129 Å². The zero-order chi connectivity index (χ0) is 13.8. The van der Waals surface area contributed by atoms with E-state index in [9.17, 15) is 9.59 Å². The van der Waals surface area contributed by atoms with Crippen LogP contribution in [0.3, 0.4) is 0 Å². The highest BCUT2D eigenvalue weighted by molar-refractivity contribution is 14.1. The second kappa shape index (κ2) is 4.34. The molecule has 4 nitrogen and oxygen atoms in total. The van der Waals surface area contributed by atoms with Gasteiger partial charge in [0.25, 0.3) is 5.91 Å². The summed E-state index contributed by atoms with van der Waals surface area (Å²) >= 11 is 8.05. The molecule has 1 unspecified atom stereocenters. The summed E-state index contributed by atoms with van der Waals surface area (Å²) in [6.07, 6.45) is 1.99. The van der Waals surface area contributed by atoms with Crippen molar-refractivity contribution in [2.75, 3.05) is 4.90 Å². The smallest absolute Gasteiger partial charge is 0.323 e. The number of carbonyl (C=O) groups excluding carboxylic acids is 2. The number of halogens is 2. The number of carbonyl (C=O) groups is 2. The summed E-state index contributed by atoms with van der Waals surface area (Å²) in [6, 6.07) is 4.79. The molecule has 3 amide bonds. The Bertz CT molecular complexity index is 588. The van der Waals surface area contributed by atoms with Crippen molar-refractivity contribution in [3.8, 4) is 0 Å². The van der Waals surface area contributed by atoms with E-state index in [1.807, 2.05) is 6.92 Å². The second-order valence-electron chi connectivity index (χ2n) is 5.15. The molecule has 100 valence electrons. The molecule has 6 heteroatoms. The maximum atomic E-state index is 12.5. The quantitative estimate of drug-likeness (QED) is 0.623.